The minimum Gasteiger partial charge on any atom is -0.490 e. The first-order valence-corrected chi connectivity index (χ1v) is 12.7. The molecule has 5 rings (SSSR count). The summed E-state index contributed by atoms with van der Waals surface area (Å²) in [5.74, 6) is -0.148. The zero-order valence-corrected chi connectivity index (χ0v) is 21.7. The third-order valence-electron chi connectivity index (χ3n) is 6.33. The molecule has 1 aromatic heterocycles. The Balaban J connectivity index is 1.76. The molecule has 1 aliphatic heterocycles. The Bertz CT molecular complexity index is 1630. The fraction of sp³-hybridized carbons (Fsp3) is 0.241. The summed E-state index contributed by atoms with van der Waals surface area (Å²) in [4.78, 5) is 28.7. The number of alkyl halides is 3. The van der Waals surface area contributed by atoms with Gasteiger partial charge in [-0.05, 0) is 67.4 Å². The largest absolute Gasteiger partial charge is 0.490 e. The quantitative estimate of drug-likeness (QED) is 0.237. The molecule has 0 N–H and O–H groups in total. The average molecular weight is 558 g/mol. The molecule has 6 nitrogen and oxygen atoms in total. The summed E-state index contributed by atoms with van der Waals surface area (Å²) in [5.41, 5.74) is -0.920. The van der Waals surface area contributed by atoms with Gasteiger partial charge in [-0.2, -0.15) is 13.2 Å². The number of ether oxygens (including phenoxy) is 2. The molecule has 3 aromatic carbocycles. The summed E-state index contributed by atoms with van der Waals surface area (Å²) in [5, 5.41) is 0.444. The zero-order chi connectivity index (χ0) is 27.9. The van der Waals surface area contributed by atoms with E-state index in [-0.39, 0.29) is 28.0 Å². The van der Waals surface area contributed by atoms with Crippen molar-refractivity contribution in [2.45, 2.75) is 32.5 Å². The minimum atomic E-state index is -4.64. The number of rotatable bonds is 7. The molecule has 10 heteroatoms. The predicted molar refractivity (Wildman–Crippen MR) is 141 cm³/mol. The van der Waals surface area contributed by atoms with E-state index in [4.69, 9.17) is 25.5 Å². The topological polar surface area (TPSA) is 69.0 Å². The van der Waals surface area contributed by atoms with Gasteiger partial charge < -0.3 is 13.9 Å². The van der Waals surface area contributed by atoms with Crippen molar-refractivity contribution in [2.75, 3.05) is 18.1 Å². The second-order valence-electron chi connectivity index (χ2n) is 8.93. The number of hydrogen-bond donors (Lipinski definition) is 0. The van der Waals surface area contributed by atoms with Gasteiger partial charge in [-0.1, -0.05) is 30.7 Å². The van der Waals surface area contributed by atoms with Crippen LogP contribution in [-0.4, -0.2) is 19.1 Å². The number of halogens is 4. The van der Waals surface area contributed by atoms with Gasteiger partial charge in [-0.25, -0.2) is 0 Å². The monoisotopic (exact) mass is 557 g/mol. The van der Waals surface area contributed by atoms with E-state index in [9.17, 15) is 22.8 Å². The van der Waals surface area contributed by atoms with Crippen LogP contribution in [0.3, 0.4) is 0 Å². The van der Waals surface area contributed by atoms with E-state index in [0.29, 0.717) is 35.3 Å². The molecular weight excluding hydrogens is 535 g/mol. The molecule has 0 radical (unpaired) electrons. The molecule has 1 amide bonds. The van der Waals surface area contributed by atoms with Crippen LogP contribution in [0.2, 0.25) is 5.02 Å². The second-order valence-corrected chi connectivity index (χ2v) is 9.36. The predicted octanol–water partition coefficient (Wildman–Crippen LogP) is 7.40. The molecule has 202 valence electrons. The highest BCUT2D eigenvalue weighted by molar-refractivity contribution is 6.31. The number of fused-ring (bicyclic) bond motifs is 2. The van der Waals surface area contributed by atoms with Crippen LogP contribution in [0.25, 0.3) is 11.0 Å². The van der Waals surface area contributed by atoms with E-state index in [2.05, 4.69) is 0 Å². The molecule has 1 unspecified atom stereocenters. The molecule has 0 spiro atoms. The normalized spacial score (nSPS) is 15.1. The summed E-state index contributed by atoms with van der Waals surface area (Å²) in [6, 6.07) is 12.7. The van der Waals surface area contributed by atoms with Gasteiger partial charge >= 0.3 is 6.18 Å². The summed E-state index contributed by atoms with van der Waals surface area (Å²) in [6.07, 6.45) is -3.88. The van der Waals surface area contributed by atoms with Crippen molar-refractivity contribution >= 4 is 34.2 Å². The number of carbonyl (C=O) groups is 1. The molecule has 0 saturated carbocycles. The van der Waals surface area contributed by atoms with Gasteiger partial charge in [-0.15, -0.1) is 0 Å². The van der Waals surface area contributed by atoms with Crippen LogP contribution in [0, 0.1) is 0 Å². The SMILES string of the molecule is CCCOc1ccc(C2c3c(oc4ccc(Cl)cc4c3=O)C(=O)N2c2cccc(C(F)(F)F)c2)cc1OCC. The van der Waals surface area contributed by atoms with Crippen molar-refractivity contribution in [3.05, 3.63) is 98.4 Å². The van der Waals surface area contributed by atoms with Gasteiger partial charge in [0, 0.05) is 10.7 Å². The van der Waals surface area contributed by atoms with Crippen molar-refractivity contribution in [3.8, 4) is 11.5 Å². The Morgan fingerprint density at radius 3 is 2.49 bits per heavy atom. The fourth-order valence-corrected chi connectivity index (χ4v) is 4.83. The van der Waals surface area contributed by atoms with Crippen LogP contribution in [0.1, 0.15) is 53.6 Å². The molecule has 0 fully saturated rings. The van der Waals surface area contributed by atoms with E-state index in [0.717, 1.165) is 23.5 Å². The number of nitrogens with zero attached hydrogens (tertiary/aromatic N) is 1. The molecule has 4 aromatic rings. The average Bonchev–Trinajstić information content (AvgIpc) is 3.20. The molecule has 0 saturated heterocycles. The van der Waals surface area contributed by atoms with Gasteiger partial charge in [0.25, 0.3) is 5.91 Å². The summed E-state index contributed by atoms with van der Waals surface area (Å²) in [7, 11) is 0. The van der Waals surface area contributed by atoms with Crippen molar-refractivity contribution in [3.63, 3.8) is 0 Å². The number of carbonyl (C=O) groups excluding carboxylic acids is 1. The lowest BCUT2D eigenvalue weighted by Gasteiger charge is -2.26. The highest BCUT2D eigenvalue weighted by Gasteiger charge is 2.44. The molecular formula is C29H23ClF3NO5. The molecule has 1 atom stereocenters. The maximum absolute atomic E-state index is 13.8. The van der Waals surface area contributed by atoms with Crippen molar-refractivity contribution < 1.29 is 31.9 Å². The molecule has 39 heavy (non-hydrogen) atoms. The van der Waals surface area contributed by atoms with E-state index in [1.165, 1.54) is 30.3 Å². The number of amides is 1. The standard InChI is InChI=1S/C29H23ClF3NO5/c1-3-12-38-22-10-8-16(13-23(22)37-4-2)25-24-26(35)20-15-18(30)9-11-21(20)39-27(24)28(36)34(25)19-7-5-6-17(14-19)29(31,32)33/h5-11,13-15,25H,3-4,12H2,1-2H3. The summed E-state index contributed by atoms with van der Waals surface area (Å²) >= 11 is 6.13. The maximum atomic E-state index is 13.8. The van der Waals surface area contributed by atoms with Crippen LogP contribution >= 0.6 is 11.6 Å². The Hall–Kier alpha value is -3.98. The first-order valence-electron chi connectivity index (χ1n) is 12.3. The van der Waals surface area contributed by atoms with Gasteiger partial charge in [0.15, 0.2) is 16.9 Å². The lowest BCUT2D eigenvalue weighted by atomic mass is 9.97. The third kappa shape index (κ3) is 4.83. The highest BCUT2D eigenvalue weighted by Crippen LogP contribution is 2.44. The summed E-state index contributed by atoms with van der Waals surface area (Å²) in [6.45, 7) is 4.51. The van der Waals surface area contributed by atoms with Crippen LogP contribution < -0.4 is 19.8 Å². The van der Waals surface area contributed by atoms with Crippen LogP contribution in [0.4, 0.5) is 18.9 Å². The first kappa shape index (κ1) is 26.6. The Labute approximate surface area is 226 Å². The van der Waals surface area contributed by atoms with Crippen LogP contribution in [0.5, 0.6) is 11.5 Å². The molecule has 2 heterocycles. The lowest BCUT2D eigenvalue weighted by molar-refractivity contribution is -0.137. The Morgan fingerprint density at radius 2 is 1.77 bits per heavy atom. The summed E-state index contributed by atoms with van der Waals surface area (Å²) < 4.78 is 58.2. The van der Waals surface area contributed by atoms with Gasteiger partial charge in [0.1, 0.15) is 5.58 Å². The molecule has 0 bridgehead atoms. The van der Waals surface area contributed by atoms with Crippen molar-refractivity contribution in [2.24, 2.45) is 0 Å². The van der Waals surface area contributed by atoms with E-state index < -0.39 is 29.1 Å². The smallest absolute Gasteiger partial charge is 0.416 e. The van der Waals surface area contributed by atoms with Crippen molar-refractivity contribution in [1.29, 1.82) is 0 Å². The van der Waals surface area contributed by atoms with Gasteiger partial charge in [0.2, 0.25) is 5.76 Å². The van der Waals surface area contributed by atoms with Crippen LogP contribution in [0.15, 0.2) is 69.9 Å². The Morgan fingerprint density at radius 1 is 0.974 bits per heavy atom. The van der Waals surface area contributed by atoms with Crippen LogP contribution in [-0.2, 0) is 6.18 Å². The Kier molecular flexibility index (Phi) is 7.03. The van der Waals surface area contributed by atoms with Crippen molar-refractivity contribution in [1.82, 2.24) is 0 Å². The second kappa shape index (κ2) is 10.3. The highest BCUT2D eigenvalue weighted by atomic mass is 35.5. The molecule has 1 aliphatic rings. The number of benzene rings is 3. The lowest BCUT2D eigenvalue weighted by Crippen LogP contribution is -2.29. The maximum Gasteiger partial charge on any atom is 0.416 e. The van der Waals surface area contributed by atoms with Gasteiger partial charge in [0.05, 0.1) is 35.8 Å². The fourth-order valence-electron chi connectivity index (χ4n) is 4.65. The van der Waals surface area contributed by atoms with Gasteiger partial charge in [-0.3, -0.25) is 14.5 Å². The first-order chi connectivity index (χ1) is 18.6. The molecule has 0 aliphatic carbocycles. The number of hydrogen-bond acceptors (Lipinski definition) is 5. The third-order valence-corrected chi connectivity index (χ3v) is 6.56. The number of anilines is 1. The van der Waals surface area contributed by atoms with E-state index in [1.807, 2.05) is 6.92 Å². The van der Waals surface area contributed by atoms with E-state index >= 15 is 0 Å². The van der Waals surface area contributed by atoms with E-state index in [1.54, 1.807) is 25.1 Å². The minimum absolute atomic E-state index is 0.00291. The zero-order valence-electron chi connectivity index (χ0n) is 21.0.